The Bertz CT molecular complexity index is 688. The van der Waals surface area contributed by atoms with E-state index in [-0.39, 0.29) is 11.9 Å². The zero-order chi connectivity index (χ0) is 17.0. The van der Waals surface area contributed by atoms with E-state index in [9.17, 15) is 4.39 Å². The first-order valence-electron chi connectivity index (χ1n) is 7.33. The minimum atomic E-state index is -0.317. The van der Waals surface area contributed by atoms with Crippen LogP contribution in [-0.4, -0.2) is 28.4 Å². The van der Waals surface area contributed by atoms with E-state index in [1.165, 1.54) is 20.3 Å². The van der Waals surface area contributed by atoms with Gasteiger partial charge in [0, 0.05) is 17.2 Å². The van der Waals surface area contributed by atoms with Gasteiger partial charge >= 0.3 is 0 Å². The second-order valence-corrected chi connectivity index (χ2v) is 5.13. The highest BCUT2D eigenvalue weighted by atomic mass is 19.1. The summed E-state index contributed by atoms with van der Waals surface area (Å²) in [6.07, 6.45) is 0. The van der Waals surface area contributed by atoms with E-state index in [0.717, 1.165) is 5.56 Å². The summed E-state index contributed by atoms with van der Waals surface area (Å²) < 4.78 is 30.5. The van der Waals surface area contributed by atoms with Crippen LogP contribution in [0.15, 0.2) is 30.3 Å². The molecule has 0 aliphatic rings. The Morgan fingerprint density at radius 1 is 0.913 bits per heavy atom. The van der Waals surface area contributed by atoms with Crippen molar-refractivity contribution in [3.8, 4) is 28.4 Å². The Morgan fingerprint density at radius 3 is 2.17 bits per heavy atom. The molecule has 0 aromatic heterocycles. The lowest BCUT2D eigenvalue weighted by atomic mass is 9.98. The van der Waals surface area contributed by atoms with E-state index in [0.29, 0.717) is 28.4 Å². The lowest BCUT2D eigenvalue weighted by molar-refractivity contribution is 0.325. The first kappa shape index (κ1) is 17.1. The van der Waals surface area contributed by atoms with E-state index in [2.05, 4.69) is 5.32 Å². The Balaban J connectivity index is 2.66. The van der Waals surface area contributed by atoms with Crippen LogP contribution in [-0.2, 0) is 0 Å². The monoisotopic (exact) mass is 319 g/mol. The molecule has 23 heavy (non-hydrogen) atoms. The number of rotatable bonds is 6. The van der Waals surface area contributed by atoms with Gasteiger partial charge in [0.2, 0.25) is 5.75 Å². The van der Waals surface area contributed by atoms with Crippen LogP contribution in [0.4, 0.5) is 4.39 Å². The van der Waals surface area contributed by atoms with Gasteiger partial charge in [-0.3, -0.25) is 0 Å². The van der Waals surface area contributed by atoms with Gasteiger partial charge < -0.3 is 19.5 Å². The van der Waals surface area contributed by atoms with Crippen molar-refractivity contribution in [1.82, 2.24) is 5.32 Å². The maximum atomic E-state index is 14.4. The second kappa shape index (κ2) is 7.33. The Kier molecular flexibility index (Phi) is 5.45. The molecule has 5 heteroatoms. The topological polar surface area (TPSA) is 39.7 Å². The largest absolute Gasteiger partial charge is 0.493 e. The van der Waals surface area contributed by atoms with Crippen LogP contribution >= 0.6 is 0 Å². The molecule has 0 fully saturated rings. The lowest BCUT2D eigenvalue weighted by Crippen LogP contribution is -2.12. The molecular formula is C18H22FNO3. The van der Waals surface area contributed by atoms with Crippen LogP contribution in [0.2, 0.25) is 0 Å². The number of ether oxygens (including phenoxy) is 3. The molecule has 2 aromatic carbocycles. The zero-order valence-corrected chi connectivity index (χ0v) is 14.1. The molecule has 0 amide bonds. The fourth-order valence-corrected chi connectivity index (χ4v) is 2.50. The van der Waals surface area contributed by atoms with Crippen molar-refractivity contribution in [2.24, 2.45) is 0 Å². The van der Waals surface area contributed by atoms with Gasteiger partial charge in [0.25, 0.3) is 0 Å². The summed E-state index contributed by atoms with van der Waals surface area (Å²) in [5.41, 5.74) is 2.07. The summed E-state index contributed by atoms with van der Waals surface area (Å²) >= 11 is 0. The Labute approximate surface area is 136 Å². The van der Waals surface area contributed by atoms with Gasteiger partial charge in [0.15, 0.2) is 11.5 Å². The molecule has 0 aliphatic heterocycles. The van der Waals surface area contributed by atoms with E-state index in [1.54, 1.807) is 25.3 Å². The van der Waals surface area contributed by atoms with Crippen LogP contribution < -0.4 is 19.5 Å². The van der Waals surface area contributed by atoms with Crippen molar-refractivity contribution >= 4 is 0 Å². The van der Waals surface area contributed by atoms with E-state index in [1.807, 2.05) is 20.0 Å². The molecule has 2 rings (SSSR count). The molecule has 0 aliphatic carbocycles. The molecule has 1 unspecified atom stereocenters. The maximum Gasteiger partial charge on any atom is 0.203 e. The van der Waals surface area contributed by atoms with E-state index >= 15 is 0 Å². The first-order valence-corrected chi connectivity index (χ1v) is 7.33. The number of halogens is 1. The third-order valence-corrected chi connectivity index (χ3v) is 3.92. The Morgan fingerprint density at radius 2 is 1.61 bits per heavy atom. The SMILES string of the molecule is CNC(C)c1ccc(F)c(-c2ccc(OC)c(OC)c2OC)c1. The highest BCUT2D eigenvalue weighted by Crippen LogP contribution is 2.45. The highest BCUT2D eigenvalue weighted by Gasteiger charge is 2.20. The quantitative estimate of drug-likeness (QED) is 0.879. The summed E-state index contributed by atoms with van der Waals surface area (Å²) in [4.78, 5) is 0. The normalized spacial score (nSPS) is 11.9. The van der Waals surface area contributed by atoms with Gasteiger partial charge in [0.05, 0.1) is 21.3 Å². The van der Waals surface area contributed by atoms with Crippen molar-refractivity contribution in [1.29, 1.82) is 0 Å². The molecule has 1 N–H and O–H groups in total. The summed E-state index contributed by atoms with van der Waals surface area (Å²) in [6.45, 7) is 2.02. The molecule has 0 bridgehead atoms. The van der Waals surface area contributed by atoms with Gasteiger partial charge in [-0.05, 0) is 43.8 Å². The summed E-state index contributed by atoms with van der Waals surface area (Å²) in [5, 5.41) is 3.15. The Hall–Kier alpha value is -2.27. The average Bonchev–Trinajstić information content (AvgIpc) is 2.59. The molecule has 0 saturated heterocycles. The fourth-order valence-electron chi connectivity index (χ4n) is 2.50. The van der Waals surface area contributed by atoms with Crippen molar-refractivity contribution in [3.05, 3.63) is 41.7 Å². The van der Waals surface area contributed by atoms with Crippen molar-refractivity contribution < 1.29 is 18.6 Å². The predicted molar refractivity (Wildman–Crippen MR) is 89.0 cm³/mol. The standard InChI is InChI=1S/C18H22FNO3/c1-11(20-2)12-6-8-15(19)14(10-12)13-7-9-16(21-3)18(23-5)17(13)22-4/h6-11,20H,1-5H3. The van der Waals surface area contributed by atoms with E-state index < -0.39 is 0 Å². The van der Waals surface area contributed by atoms with Crippen LogP contribution in [0.3, 0.4) is 0 Å². The maximum absolute atomic E-state index is 14.4. The van der Waals surface area contributed by atoms with E-state index in [4.69, 9.17) is 14.2 Å². The number of hydrogen-bond acceptors (Lipinski definition) is 4. The van der Waals surface area contributed by atoms with Crippen LogP contribution in [0.5, 0.6) is 17.2 Å². The van der Waals surface area contributed by atoms with Crippen molar-refractivity contribution in [2.75, 3.05) is 28.4 Å². The number of methoxy groups -OCH3 is 3. The third-order valence-electron chi connectivity index (χ3n) is 3.92. The van der Waals surface area contributed by atoms with Gasteiger partial charge in [-0.1, -0.05) is 6.07 Å². The number of benzene rings is 2. The smallest absolute Gasteiger partial charge is 0.203 e. The molecule has 124 valence electrons. The summed E-state index contributed by atoms with van der Waals surface area (Å²) in [7, 11) is 6.47. The average molecular weight is 319 g/mol. The minimum absolute atomic E-state index is 0.112. The molecule has 0 heterocycles. The van der Waals surface area contributed by atoms with Gasteiger partial charge in [-0.15, -0.1) is 0 Å². The lowest BCUT2D eigenvalue weighted by Gasteiger charge is -2.18. The first-order chi connectivity index (χ1) is 11.1. The zero-order valence-electron chi connectivity index (χ0n) is 14.1. The highest BCUT2D eigenvalue weighted by molar-refractivity contribution is 5.77. The number of nitrogens with one attached hydrogen (secondary N) is 1. The number of hydrogen-bond donors (Lipinski definition) is 1. The second-order valence-electron chi connectivity index (χ2n) is 5.13. The van der Waals surface area contributed by atoms with Gasteiger partial charge in [-0.25, -0.2) is 4.39 Å². The predicted octanol–water partition coefficient (Wildman–Crippen LogP) is 3.80. The molecule has 0 saturated carbocycles. The third kappa shape index (κ3) is 3.24. The van der Waals surface area contributed by atoms with Crippen LogP contribution in [0.25, 0.3) is 11.1 Å². The minimum Gasteiger partial charge on any atom is -0.493 e. The molecule has 0 spiro atoms. The van der Waals surface area contributed by atoms with Crippen molar-refractivity contribution in [3.63, 3.8) is 0 Å². The molecule has 1 atom stereocenters. The van der Waals surface area contributed by atoms with Crippen LogP contribution in [0, 0.1) is 5.82 Å². The fraction of sp³-hybridized carbons (Fsp3) is 0.333. The van der Waals surface area contributed by atoms with Gasteiger partial charge in [0.1, 0.15) is 5.82 Å². The van der Waals surface area contributed by atoms with Crippen LogP contribution in [0.1, 0.15) is 18.5 Å². The summed E-state index contributed by atoms with van der Waals surface area (Å²) in [6, 6.07) is 8.68. The summed E-state index contributed by atoms with van der Waals surface area (Å²) in [5.74, 6) is 1.11. The van der Waals surface area contributed by atoms with Gasteiger partial charge in [-0.2, -0.15) is 0 Å². The van der Waals surface area contributed by atoms with Crippen molar-refractivity contribution in [2.45, 2.75) is 13.0 Å². The molecule has 2 aromatic rings. The molecular weight excluding hydrogens is 297 g/mol. The molecule has 0 radical (unpaired) electrons. The molecule has 4 nitrogen and oxygen atoms in total.